The number of nitrogens with zero attached hydrogens (tertiary/aromatic N) is 3. The van der Waals surface area contributed by atoms with Crippen LogP contribution in [0.15, 0.2) is 59.1 Å². The van der Waals surface area contributed by atoms with Crippen LogP contribution in [0.25, 0.3) is 11.5 Å². The molecule has 7 heteroatoms. The summed E-state index contributed by atoms with van der Waals surface area (Å²) in [7, 11) is 0. The number of carbonyl (C=O) groups excluding carboxylic acids is 2. The monoisotopic (exact) mass is 362 g/mol. The van der Waals surface area contributed by atoms with Crippen molar-refractivity contribution in [1.82, 2.24) is 20.4 Å². The maximum absolute atomic E-state index is 12.3. The van der Waals surface area contributed by atoms with Gasteiger partial charge in [-0.3, -0.25) is 9.59 Å². The average Bonchev–Trinajstić information content (AvgIpc) is 3.31. The molecule has 2 aromatic carbocycles. The highest BCUT2D eigenvalue weighted by Crippen LogP contribution is 2.22. The lowest BCUT2D eigenvalue weighted by atomic mass is 10.1. The molecule has 27 heavy (non-hydrogen) atoms. The number of amides is 2. The lowest BCUT2D eigenvalue weighted by molar-refractivity contribution is -0.121. The van der Waals surface area contributed by atoms with E-state index >= 15 is 0 Å². The molecule has 0 radical (unpaired) electrons. The van der Waals surface area contributed by atoms with Gasteiger partial charge in [-0.1, -0.05) is 41.6 Å². The van der Waals surface area contributed by atoms with Crippen molar-refractivity contribution in [2.24, 2.45) is 0 Å². The van der Waals surface area contributed by atoms with Gasteiger partial charge in [-0.2, -0.15) is 4.98 Å². The third-order valence-electron chi connectivity index (χ3n) is 4.44. The normalized spacial score (nSPS) is 12.9. The van der Waals surface area contributed by atoms with E-state index in [1.165, 1.54) is 0 Å². The van der Waals surface area contributed by atoms with E-state index in [0.29, 0.717) is 24.8 Å². The third-order valence-corrected chi connectivity index (χ3v) is 4.44. The van der Waals surface area contributed by atoms with Gasteiger partial charge in [0.05, 0.1) is 6.54 Å². The highest BCUT2D eigenvalue weighted by molar-refractivity contribution is 5.98. The Balaban J connectivity index is 1.26. The van der Waals surface area contributed by atoms with Crippen LogP contribution in [0.3, 0.4) is 0 Å². The molecule has 136 valence electrons. The van der Waals surface area contributed by atoms with Gasteiger partial charge in [0.2, 0.25) is 5.91 Å². The Morgan fingerprint density at radius 3 is 2.70 bits per heavy atom. The average molecular weight is 362 g/mol. The van der Waals surface area contributed by atoms with E-state index in [0.717, 1.165) is 16.7 Å². The van der Waals surface area contributed by atoms with E-state index in [2.05, 4.69) is 15.5 Å². The predicted molar refractivity (Wildman–Crippen MR) is 97.4 cm³/mol. The predicted octanol–water partition coefficient (Wildman–Crippen LogP) is 2.40. The van der Waals surface area contributed by atoms with Crippen molar-refractivity contribution in [3.8, 4) is 11.5 Å². The Labute approximate surface area is 156 Å². The number of rotatable bonds is 6. The first-order valence-electron chi connectivity index (χ1n) is 8.72. The summed E-state index contributed by atoms with van der Waals surface area (Å²) in [5.41, 5.74) is 2.55. The van der Waals surface area contributed by atoms with E-state index in [4.69, 9.17) is 4.52 Å². The Hall–Kier alpha value is -3.48. The van der Waals surface area contributed by atoms with Crippen molar-refractivity contribution in [2.75, 3.05) is 6.54 Å². The summed E-state index contributed by atoms with van der Waals surface area (Å²) >= 11 is 0. The number of carbonyl (C=O) groups is 2. The molecule has 2 heterocycles. The van der Waals surface area contributed by atoms with Crippen molar-refractivity contribution >= 4 is 11.8 Å². The fourth-order valence-corrected chi connectivity index (χ4v) is 3.02. The van der Waals surface area contributed by atoms with E-state index in [1.807, 2.05) is 54.6 Å². The minimum absolute atomic E-state index is 0.0240. The fraction of sp³-hybridized carbons (Fsp3) is 0.200. The van der Waals surface area contributed by atoms with E-state index in [1.54, 1.807) is 4.90 Å². The molecule has 0 unspecified atom stereocenters. The molecule has 0 saturated heterocycles. The molecule has 0 bridgehead atoms. The molecule has 1 aliphatic rings. The van der Waals surface area contributed by atoms with Crippen molar-refractivity contribution in [2.45, 2.75) is 19.5 Å². The molecule has 1 aliphatic heterocycles. The van der Waals surface area contributed by atoms with Gasteiger partial charge in [0.15, 0.2) is 5.82 Å². The van der Waals surface area contributed by atoms with Crippen molar-refractivity contribution in [1.29, 1.82) is 0 Å². The summed E-state index contributed by atoms with van der Waals surface area (Å²) in [5.74, 6) is 0.640. The van der Waals surface area contributed by atoms with Gasteiger partial charge < -0.3 is 14.7 Å². The van der Waals surface area contributed by atoms with Crippen LogP contribution < -0.4 is 5.32 Å². The molecule has 2 amide bonds. The molecular formula is C20H18N4O3. The summed E-state index contributed by atoms with van der Waals surface area (Å²) < 4.78 is 5.21. The molecule has 7 nitrogen and oxygen atoms in total. The van der Waals surface area contributed by atoms with Gasteiger partial charge >= 0.3 is 0 Å². The first-order valence-corrected chi connectivity index (χ1v) is 8.72. The van der Waals surface area contributed by atoms with Crippen LogP contribution in [-0.4, -0.2) is 33.4 Å². The largest absolute Gasteiger partial charge is 0.349 e. The lowest BCUT2D eigenvalue weighted by Crippen LogP contribution is -2.31. The highest BCUT2D eigenvalue weighted by Gasteiger charge is 2.26. The number of hydrogen-bond donors (Lipinski definition) is 1. The Morgan fingerprint density at radius 2 is 1.89 bits per heavy atom. The minimum atomic E-state index is -0.162. The van der Waals surface area contributed by atoms with Crippen LogP contribution in [0.5, 0.6) is 0 Å². The van der Waals surface area contributed by atoms with Crippen molar-refractivity contribution in [3.05, 3.63) is 71.5 Å². The molecule has 0 saturated carbocycles. The summed E-state index contributed by atoms with van der Waals surface area (Å²) in [6, 6.07) is 17.0. The third kappa shape index (κ3) is 3.72. The number of nitrogens with one attached hydrogen (secondary N) is 1. The lowest BCUT2D eigenvalue weighted by Gasteiger charge is -2.14. The van der Waals surface area contributed by atoms with Crippen molar-refractivity contribution in [3.63, 3.8) is 0 Å². The number of aromatic nitrogens is 2. The Morgan fingerprint density at radius 1 is 1.11 bits per heavy atom. The standard InChI is InChI=1S/C20H18N4O3/c25-18(10-11-24-13-15-8-4-5-9-16(15)20(24)26)21-12-17-22-19(27-23-17)14-6-2-1-3-7-14/h1-9H,10-13H2,(H,21,25). The molecule has 1 N–H and O–H groups in total. The quantitative estimate of drug-likeness (QED) is 0.727. The van der Waals surface area contributed by atoms with Gasteiger partial charge in [0.25, 0.3) is 11.8 Å². The van der Waals surface area contributed by atoms with Crippen LogP contribution >= 0.6 is 0 Å². The molecular weight excluding hydrogens is 344 g/mol. The molecule has 1 aromatic heterocycles. The van der Waals surface area contributed by atoms with Gasteiger partial charge in [-0.25, -0.2) is 0 Å². The van der Waals surface area contributed by atoms with Crippen LogP contribution in [0.2, 0.25) is 0 Å². The minimum Gasteiger partial charge on any atom is -0.349 e. The number of fused-ring (bicyclic) bond motifs is 1. The Bertz CT molecular complexity index is 968. The maximum atomic E-state index is 12.3. The van der Waals surface area contributed by atoms with Gasteiger partial charge in [-0.15, -0.1) is 0 Å². The number of hydrogen-bond acceptors (Lipinski definition) is 5. The van der Waals surface area contributed by atoms with E-state index in [-0.39, 0.29) is 24.8 Å². The molecule has 3 aromatic rings. The zero-order chi connectivity index (χ0) is 18.6. The van der Waals surface area contributed by atoms with Crippen LogP contribution in [-0.2, 0) is 17.9 Å². The van der Waals surface area contributed by atoms with E-state index in [9.17, 15) is 9.59 Å². The fourth-order valence-electron chi connectivity index (χ4n) is 3.02. The molecule has 0 aliphatic carbocycles. The molecule has 0 spiro atoms. The summed E-state index contributed by atoms with van der Waals surface area (Å²) in [6.45, 7) is 1.11. The summed E-state index contributed by atoms with van der Waals surface area (Å²) in [5, 5.41) is 6.64. The van der Waals surface area contributed by atoms with Crippen LogP contribution in [0.1, 0.15) is 28.2 Å². The SMILES string of the molecule is O=C(CCN1Cc2ccccc2C1=O)NCc1noc(-c2ccccc2)n1. The van der Waals surface area contributed by atoms with E-state index < -0.39 is 0 Å². The second-order valence-corrected chi connectivity index (χ2v) is 6.29. The highest BCUT2D eigenvalue weighted by atomic mass is 16.5. The summed E-state index contributed by atoms with van der Waals surface area (Å²) in [4.78, 5) is 30.3. The van der Waals surface area contributed by atoms with Crippen LogP contribution in [0.4, 0.5) is 0 Å². The van der Waals surface area contributed by atoms with Crippen LogP contribution in [0, 0.1) is 0 Å². The smallest absolute Gasteiger partial charge is 0.257 e. The molecule has 0 atom stereocenters. The number of benzene rings is 2. The maximum Gasteiger partial charge on any atom is 0.257 e. The topological polar surface area (TPSA) is 88.3 Å². The summed E-state index contributed by atoms with van der Waals surface area (Å²) in [6.07, 6.45) is 0.225. The van der Waals surface area contributed by atoms with Crippen molar-refractivity contribution < 1.29 is 14.1 Å². The second-order valence-electron chi connectivity index (χ2n) is 6.29. The molecule has 0 fully saturated rings. The van der Waals surface area contributed by atoms with Gasteiger partial charge in [0, 0.05) is 30.6 Å². The van der Waals surface area contributed by atoms with Gasteiger partial charge in [0.1, 0.15) is 0 Å². The zero-order valence-electron chi connectivity index (χ0n) is 14.6. The molecule has 4 rings (SSSR count). The first kappa shape index (κ1) is 17.0. The Kier molecular flexibility index (Phi) is 4.65. The second kappa shape index (κ2) is 7.41. The zero-order valence-corrected chi connectivity index (χ0v) is 14.6. The van der Waals surface area contributed by atoms with Gasteiger partial charge in [-0.05, 0) is 23.8 Å². The first-order chi connectivity index (χ1) is 13.2.